The van der Waals surface area contributed by atoms with E-state index >= 15 is 0 Å². The molecule has 0 aliphatic heterocycles. The first-order valence-electron chi connectivity index (χ1n) is 4.61. The lowest BCUT2D eigenvalue weighted by atomic mass is 10.1. The first-order chi connectivity index (χ1) is 6.00. The molecule has 0 amide bonds. The molecule has 0 bridgehead atoms. The van der Waals surface area contributed by atoms with Gasteiger partial charge in [-0.15, -0.1) is 11.3 Å². The summed E-state index contributed by atoms with van der Waals surface area (Å²) in [6.07, 6.45) is 1.06. The molecule has 1 aliphatic carbocycles. The third kappa shape index (κ3) is 1.55. The molecule has 0 N–H and O–H groups in total. The lowest BCUT2D eigenvalue weighted by Gasteiger charge is -1.99. The zero-order valence-electron chi connectivity index (χ0n) is 8.26. The van der Waals surface area contributed by atoms with Crippen molar-refractivity contribution >= 4 is 17.1 Å². The van der Waals surface area contributed by atoms with Crippen LogP contribution in [0.2, 0.25) is 0 Å². The van der Waals surface area contributed by atoms with E-state index < -0.39 is 0 Å². The van der Waals surface area contributed by atoms with E-state index in [1.165, 1.54) is 4.88 Å². The molecule has 70 valence electrons. The topological polar surface area (TPSA) is 17.1 Å². The molecule has 1 aromatic heterocycles. The molecule has 1 atom stereocenters. The highest BCUT2D eigenvalue weighted by molar-refractivity contribution is 7.14. The van der Waals surface area contributed by atoms with Crippen LogP contribution >= 0.6 is 11.3 Å². The van der Waals surface area contributed by atoms with Gasteiger partial charge in [0.05, 0.1) is 4.88 Å². The van der Waals surface area contributed by atoms with Crippen molar-refractivity contribution in [3.63, 3.8) is 0 Å². The Hall–Kier alpha value is -0.630. The average Bonchev–Trinajstić information content (AvgIpc) is 2.47. The van der Waals surface area contributed by atoms with Crippen LogP contribution in [0.15, 0.2) is 12.1 Å². The fraction of sp³-hybridized carbons (Fsp3) is 0.545. The summed E-state index contributed by atoms with van der Waals surface area (Å²) in [6.45, 7) is 6.37. The van der Waals surface area contributed by atoms with Crippen molar-refractivity contribution < 1.29 is 4.79 Å². The summed E-state index contributed by atoms with van der Waals surface area (Å²) >= 11 is 1.62. The summed E-state index contributed by atoms with van der Waals surface area (Å²) in [5, 5.41) is 0. The van der Waals surface area contributed by atoms with Crippen molar-refractivity contribution in [2.24, 2.45) is 11.3 Å². The van der Waals surface area contributed by atoms with Crippen LogP contribution in [0.3, 0.4) is 0 Å². The summed E-state index contributed by atoms with van der Waals surface area (Å²) in [7, 11) is 0. The fourth-order valence-corrected chi connectivity index (χ4v) is 2.52. The van der Waals surface area contributed by atoms with Crippen molar-refractivity contribution in [2.45, 2.75) is 27.2 Å². The van der Waals surface area contributed by atoms with E-state index in [4.69, 9.17) is 0 Å². The summed E-state index contributed by atoms with van der Waals surface area (Å²) < 4.78 is 0. The van der Waals surface area contributed by atoms with Crippen LogP contribution in [0.4, 0.5) is 0 Å². The number of hydrogen-bond donors (Lipinski definition) is 0. The second kappa shape index (κ2) is 2.68. The van der Waals surface area contributed by atoms with Crippen LogP contribution in [0.1, 0.15) is 34.8 Å². The lowest BCUT2D eigenvalue weighted by molar-refractivity contribution is 0.0957. The molecule has 0 radical (unpaired) electrons. The normalized spacial score (nSPS) is 24.4. The molecule has 13 heavy (non-hydrogen) atoms. The molecule has 1 nitrogen and oxygen atoms in total. The van der Waals surface area contributed by atoms with Gasteiger partial charge in [-0.25, -0.2) is 0 Å². The maximum Gasteiger partial charge on any atom is 0.176 e. The van der Waals surface area contributed by atoms with Crippen LogP contribution in [0.25, 0.3) is 0 Å². The van der Waals surface area contributed by atoms with Crippen molar-refractivity contribution in [3.05, 3.63) is 21.9 Å². The van der Waals surface area contributed by atoms with Gasteiger partial charge in [-0.05, 0) is 30.9 Å². The van der Waals surface area contributed by atoms with Gasteiger partial charge < -0.3 is 0 Å². The number of aryl methyl sites for hydroxylation is 1. The van der Waals surface area contributed by atoms with E-state index in [0.29, 0.717) is 5.78 Å². The first kappa shape index (κ1) is 8.95. The van der Waals surface area contributed by atoms with Gasteiger partial charge in [0.2, 0.25) is 0 Å². The summed E-state index contributed by atoms with van der Waals surface area (Å²) in [5.74, 6) is 0.633. The summed E-state index contributed by atoms with van der Waals surface area (Å²) in [4.78, 5) is 14.0. The minimum absolute atomic E-state index is 0.259. The second-order valence-corrected chi connectivity index (χ2v) is 5.81. The summed E-state index contributed by atoms with van der Waals surface area (Å²) in [5.41, 5.74) is 0.259. The molecular weight excluding hydrogens is 180 g/mol. The maximum absolute atomic E-state index is 11.8. The van der Waals surface area contributed by atoms with E-state index in [1.54, 1.807) is 11.3 Å². The molecule has 1 fully saturated rings. The van der Waals surface area contributed by atoms with E-state index in [1.807, 2.05) is 19.1 Å². The van der Waals surface area contributed by atoms with E-state index in [9.17, 15) is 4.79 Å². The van der Waals surface area contributed by atoms with Gasteiger partial charge in [0.15, 0.2) is 5.78 Å². The highest BCUT2D eigenvalue weighted by Crippen LogP contribution is 2.53. The predicted molar refractivity (Wildman–Crippen MR) is 55.3 cm³/mol. The molecule has 1 saturated carbocycles. The van der Waals surface area contributed by atoms with Gasteiger partial charge in [-0.2, -0.15) is 0 Å². The number of carbonyl (C=O) groups excluding carboxylic acids is 1. The van der Waals surface area contributed by atoms with Crippen LogP contribution < -0.4 is 0 Å². The molecule has 1 aliphatic rings. The molecule has 2 rings (SSSR count). The van der Waals surface area contributed by atoms with Gasteiger partial charge in [0.25, 0.3) is 0 Å². The lowest BCUT2D eigenvalue weighted by Crippen LogP contribution is -2.03. The van der Waals surface area contributed by atoms with Crippen LogP contribution in [0.5, 0.6) is 0 Å². The van der Waals surface area contributed by atoms with Crippen molar-refractivity contribution in [1.82, 2.24) is 0 Å². The molecule has 2 heteroatoms. The van der Waals surface area contributed by atoms with Crippen molar-refractivity contribution in [3.8, 4) is 0 Å². The average molecular weight is 194 g/mol. The zero-order valence-corrected chi connectivity index (χ0v) is 9.07. The Labute approximate surface area is 82.8 Å². The molecule has 1 heterocycles. The van der Waals surface area contributed by atoms with Gasteiger partial charge in [0.1, 0.15) is 0 Å². The van der Waals surface area contributed by atoms with Gasteiger partial charge in [0, 0.05) is 10.8 Å². The number of carbonyl (C=O) groups is 1. The Balaban J connectivity index is 2.16. The van der Waals surface area contributed by atoms with Crippen LogP contribution in [0, 0.1) is 18.3 Å². The maximum atomic E-state index is 11.8. The SMILES string of the molecule is Cc1ccc(C(=O)C2CC2(C)C)s1. The smallest absolute Gasteiger partial charge is 0.176 e. The third-order valence-electron chi connectivity index (χ3n) is 2.81. The number of rotatable bonds is 2. The van der Waals surface area contributed by atoms with E-state index in [-0.39, 0.29) is 11.3 Å². The molecule has 1 unspecified atom stereocenters. The standard InChI is InChI=1S/C11H14OS/c1-7-4-5-9(13-7)10(12)8-6-11(8,2)3/h4-5,8H,6H2,1-3H3. The monoisotopic (exact) mass is 194 g/mol. The number of ketones is 1. The van der Waals surface area contributed by atoms with Crippen LogP contribution in [-0.4, -0.2) is 5.78 Å². The highest BCUT2D eigenvalue weighted by Gasteiger charge is 2.50. The minimum Gasteiger partial charge on any atom is -0.293 e. The Morgan fingerprint density at radius 3 is 2.54 bits per heavy atom. The number of Topliss-reactive ketones (excluding diaryl/α,β-unsaturated/α-hetero) is 1. The van der Waals surface area contributed by atoms with Gasteiger partial charge >= 0.3 is 0 Å². The van der Waals surface area contributed by atoms with E-state index in [0.717, 1.165) is 11.3 Å². The fourth-order valence-electron chi connectivity index (χ4n) is 1.65. The molecule has 0 saturated heterocycles. The Morgan fingerprint density at radius 1 is 1.54 bits per heavy atom. The predicted octanol–water partition coefficient (Wildman–Crippen LogP) is 3.29. The van der Waals surface area contributed by atoms with Crippen molar-refractivity contribution in [1.29, 1.82) is 0 Å². The highest BCUT2D eigenvalue weighted by atomic mass is 32.1. The quantitative estimate of drug-likeness (QED) is 0.660. The summed E-state index contributed by atoms with van der Waals surface area (Å²) in [6, 6.07) is 3.98. The first-order valence-corrected chi connectivity index (χ1v) is 5.43. The largest absolute Gasteiger partial charge is 0.293 e. The third-order valence-corrected chi connectivity index (χ3v) is 3.83. The number of hydrogen-bond acceptors (Lipinski definition) is 2. The van der Waals surface area contributed by atoms with Crippen molar-refractivity contribution in [2.75, 3.05) is 0 Å². The molecule has 0 aromatic carbocycles. The minimum atomic E-state index is 0.259. The molecule has 1 aromatic rings. The van der Waals surface area contributed by atoms with Gasteiger partial charge in [-0.3, -0.25) is 4.79 Å². The molecule has 0 spiro atoms. The Bertz CT molecular complexity index is 349. The van der Waals surface area contributed by atoms with Gasteiger partial charge in [-0.1, -0.05) is 13.8 Å². The Kier molecular flexibility index (Phi) is 1.84. The van der Waals surface area contributed by atoms with Crippen LogP contribution in [-0.2, 0) is 0 Å². The number of thiophene rings is 1. The molecular formula is C11H14OS. The van der Waals surface area contributed by atoms with E-state index in [2.05, 4.69) is 13.8 Å². The zero-order chi connectivity index (χ0) is 9.64. The second-order valence-electron chi connectivity index (χ2n) is 4.52. The Morgan fingerprint density at radius 2 is 2.15 bits per heavy atom.